The third-order valence-electron chi connectivity index (χ3n) is 3.46. The van der Waals surface area contributed by atoms with Crippen LogP contribution in [0.3, 0.4) is 0 Å². The Hall–Kier alpha value is -2.48. The van der Waals surface area contributed by atoms with E-state index in [-0.39, 0.29) is 0 Å². The molecule has 1 aliphatic rings. The van der Waals surface area contributed by atoms with Crippen LogP contribution in [0.1, 0.15) is 23.6 Å². The Morgan fingerprint density at radius 1 is 1.26 bits per heavy atom. The summed E-state index contributed by atoms with van der Waals surface area (Å²) in [6, 6.07) is 7.92. The van der Waals surface area contributed by atoms with Crippen molar-refractivity contribution >= 4 is 5.82 Å². The summed E-state index contributed by atoms with van der Waals surface area (Å²) < 4.78 is 0. The van der Waals surface area contributed by atoms with E-state index in [1.807, 2.05) is 18.5 Å². The molecule has 0 aliphatic carbocycles. The fourth-order valence-corrected chi connectivity index (χ4v) is 2.46. The summed E-state index contributed by atoms with van der Waals surface area (Å²) >= 11 is 0. The first-order valence-electron chi connectivity index (χ1n) is 6.24. The molecule has 0 saturated carbocycles. The second kappa shape index (κ2) is 5.02. The lowest BCUT2D eigenvalue weighted by atomic mass is 10.00. The Labute approximate surface area is 111 Å². The van der Waals surface area contributed by atoms with Gasteiger partial charge in [0.25, 0.3) is 0 Å². The minimum Gasteiger partial charge on any atom is -0.356 e. The van der Waals surface area contributed by atoms with Crippen LogP contribution in [0.25, 0.3) is 0 Å². The van der Waals surface area contributed by atoms with Gasteiger partial charge >= 0.3 is 0 Å². The highest BCUT2D eigenvalue weighted by Gasteiger charge is 2.24. The number of hydrogen-bond donors (Lipinski definition) is 0. The Bertz CT molecular complexity index is 605. The predicted molar refractivity (Wildman–Crippen MR) is 70.6 cm³/mol. The molecular weight excluding hydrogens is 238 g/mol. The monoisotopic (exact) mass is 251 g/mol. The van der Waals surface area contributed by atoms with Crippen molar-refractivity contribution in [2.24, 2.45) is 0 Å². The molecule has 5 heteroatoms. The van der Waals surface area contributed by atoms with Gasteiger partial charge in [-0.1, -0.05) is 0 Å². The number of pyridine rings is 1. The maximum Gasteiger partial charge on any atom is 0.145 e. The van der Waals surface area contributed by atoms with Gasteiger partial charge in [-0.3, -0.25) is 4.98 Å². The topological polar surface area (TPSA) is 65.7 Å². The number of hydrogen-bond acceptors (Lipinski definition) is 5. The van der Waals surface area contributed by atoms with E-state index in [4.69, 9.17) is 5.26 Å². The van der Waals surface area contributed by atoms with Crippen LogP contribution in [0.5, 0.6) is 0 Å². The van der Waals surface area contributed by atoms with E-state index < -0.39 is 0 Å². The second-order valence-electron chi connectivity index (χ2n) is 4.59. The highest BCUT2D eigenvalue weighted by Crippen LogP contribution is 2.29. The highest BCUT2D eigenvalue weighted by atomic mass is 15.2. The Balaban J connectivity index is 1.77. The van der Waals surface area contributed by atoms with E-state index in [2.05, 4.69) is 32.0 Å². The molecule has 3 heterocycles. The highest BCUT2D eigenvalue weighted by molar-refractivity contribution is 5.44. The molecule has 19 heavy (non-hydrogen) atoms. The SMILES string of the molecule is N#Cc1cc(N2CCC(c3ccncc3)C2)ncn1. The molecule has 5 nitrogen and oxygen atoms in total. The Morgan fingerprint density at radius 3 is 2.89 bits per heavy atom. The van der Waals surface area contributed by atoms with E-state index in [1.54, 1.807) is 6.07 Å². The van der Waals surface area contributed by atoms with Crippen molar-refractivity contribution in [2.75, 3.05) is 18.0 Å². The van der Waals surface area contributed by atoms with E-state index in [0.717, 1.165) is 25.3 Å². The molecular formula is C14H13N5. The van der Waals surface area contributed by atoms with Gasteiger partial charge in [-0.15, -0.1) is 0 Å². The van der Waals surface area contributed by atoms with Gasteiger partial charge in [-0.2, -0.15) is 5.26 Å². The summed E-state index contributed by atoms with van der Waals surface area (Å²) in [5, 5.41) is 8.87. The molecule has 1 atom stereocenters. The van der Waals surface area contributed by atoms with Crippen LogP contribution in [0.15, 0.2) is 36.9 Å². The fourth-order valence-electron chi connectivity index (χ4n) is 2.46. The van der Waals surface area contributed by atoms with Crippen LogP contribution in [0, 0.1) is 11.3 Å². The van der Waals surface area contributed by atoms with E-state index in [1.165, 1.54) is 11.9 Å². The predicted octanol–water partition coefficient (Wildman–Crippen LogP) is 1.74. The first-order chi connectivity index (χ1) is 9.36. The summed E-state index contributed by atoms with van der Waals surface area (Å²) in [5.74, 6) is 1.34. The van der Waals surface area contributed by atoms with Gasteiger partial charge in [0, 0.05) is 37.5 Å². The summed E-state index contributed by atoms with van der Waals surface area (Å²) in [4.78, 5) is 14.4. The number of nitriles is 1. The lowest BCUT2D eigenvalue weighted by molar-refractivity contribution is 0.772. The van der Waals surface area contributed by atoms with Crippen LogP contribution in [0.4, 0.5) is 5.82 Å². The van der Waals surface area contributed by atoms with E-state index in [0.29, 0.717) is 11.6 Å². The zero-order valence-electron chi connectivity index (χ0n) is 10.4. The summed E-state index contributed by atoms with van der Waals surface area (Å²) in [7, 11) is 0. The van der Waals surface area contributed by atoms with Crippen LogP contribution >= 0.6 is 0 Å². The maximum absolute atomic E-state index is 8.87. The molecule has 1 fully saturated rings. The zero-order valence-corrected chi connectivity index (χ0v) is 10.4. The smallest absolute Gasteiger partial charge is 0.145 e. The standard InChI is InChI=1S/C14H13N5/c15-8-13-7-14(18-10-17-13)19-6-3-12(9-19)11-1-4-16-5-2-11/h1-2,4-5,7,10,12H,3,6,9H2. The van der Waals surface area contributed by atoms with Crippen LogP contribution in [0.2, 0.25) is 0 Å². The lowest BCUT2D eigenvalue weighted by Gasteiger charge is -2.17. The second-order valence-corrected chi connectivity index (χ2v) is 4.59. The van der Waals surface area contributed by atoms with Crippen molar-refractivity contribution in [3.63, 3.8) is 0 Å². The van der Waals surface area contributed by atoms with Gasteiger partial charge in [-0.05, 0) is 24.1 Å². The van der Waals surface area contributed by atoms with Gasteiger partial charge in [-0.25, -0.2) is 9.97 Å². The maximum atomic E-state index is 8.87. The van der Waals surface area contributed by atoms with Crippen molar-refractivity contribution in [1.82, 2.24) is 15.0 Å². The minimum absolute atomic E-state index is 0.414. The van der Waals surface area contributed by atoms with Gasteiger partial charge in [0.15, 0.2) is 0 Å². The largest absolute Gasteiger partial charge is 0.356 e. The molecule has 1 unspecified atom stereocenters. The molecule has 1 aliphatic heterocycles. The zero-order chi connectivity index (χ0) is 13.1. The molecule has 1 saturated heterocycles. The summed E-state index contributed by atoms with van der Waals surface area (Å²) in [5.41, 5.74) is 1.73. The third kappa shape index (κ3) is 2.38. The van der Waals surface area contributed by atoms with E-state index in [9.17, 15) is 0 Å². The molecule has 0 amide bonds. The van der Waals surface area contributed by atoms with Crippen molar-refractivity contribution in [3.05, 3.63) is 48.2 Å². The first-order valence-corrected chi connectivity index (χ1v) is 6.24. The van der Waals surface area contributed by atoms with Crippen LogP contribution in [-0.2, 0) is 0 Å². The minimum atomic E-state index is 0.414. The summed E-state index contributed by atoms with van der Waals surface area (Å²) in [6.07, 6.45) is 6.20. The van der Waals surface area contributed by atoms with Crippen molar-refractivity contribution in [1.29, 1.82) is 5.26 Å². The quantitative estimate of drug-likeness (QED) is 0.813. The van der Waals surface area contributed by atoms with Crippen molar-refractivity contribution < 1.29 is 0 Å². The molecule has 0 spiro atoms. The number of rotatable bonds is 2. The van der Waals surface area contributed by atoms with Crippen LogP contribution in [-0.4, -0.2) is 28.0 Å². The van der Waals surface area contributed by atoms with Gasteiger partial charge in [0.1, 0.15) is 23.9 Å². The molecule has 0 bridgehead atoms. The number of aromatic nitrogens is 3. The molecule has 0 aromatic carbocycles. The third-order valence-corrected chi connectivity index (χ3v) is 3.46. The van der Waals surface area contributed by atoms with Gasteiger partial charge < -0.3 is 4.90 Å². The lowest BCUT2D eigenvalue weighted by Crippen LogP contribution is -2.20. The Morgan fingerprint density at radius 2 is 2.11 bits per heavy atom. The first kappa shape index (κ1) is 11.6. The van der Waals surface area contributed by atoms with Gasteiger partial charge in [0.05, 0.1) is 0 Å². The molecule has 2 aromatic rings. The summed E-state index contributed by atoms with van der Waals surface area (Å²) in [6.45, 7) is 1.88. The number of anilines is 1. The normalized spacial score (nSPS) is 18.3. The molecule has 0 N–H and O–H groups in total. The molecule has 94 valence electrons. The average Bonchev–Trinajstić information content (AvgIpc) is 2.98. The number of nitrogens with zero attached hydrogens (tertiary/aromatic N) is 5. The van der Waals surface area contributed by atoms with Crippen LogP contribution < -0.4 is 4.90 Å². The van der Waals surface area contributed by atoms with Gasteiger partial charge in [0.2, 0.25) is 0 Å². The molecule has 2 aromatic heterocycles. The van der Waals surface area contributed by atoms with Crippen molar-refractivity contribution in [3.8, 4) is 6.07 Å². The van der Waals surface area contributed by atoms with Crippen molar-refractivity contribution in [2.45, 2.75) is 12.3 Å². The van der Waals surface area contributed by atoms with E-state index >= 15 is 0 Å². The Kier molecular flexibility index (Phi) is 3.07. The molecule has 0 radical (unpaired) electrons. The fraction of sp³-hybridized carbons (Fsp3) is 0.286. The molecule has 3 rings (SSSR count). The average molecular weight is 251 g/mol.